The van der Waals surface area contributed by atoms with Crippen molar-refractivity contribution in [1.82, 2.24) is 0 Å². The summed E-state index contributed by atoms with van der Waals surface area (Å²) in [5.41, 5.74) is 2.12. The fourth-order valence-electron chi connectivity index (χ4n) is 2.93. The van der Waals surface area contributed by atoms with Gasteiger partial charge in [-0.2, -0.15) is 0 Å². The summed E-state index contributed by atoms with van der Waals surface area (Å²) in [5, 5.41) is 10.9. The Kier molecular flexibility index (Phi) is 5.44. The number of hydrogen-bond acceptors (Lipinski definition) is 6. The molecule has 0 fully saturated rings. The first-order valence-corrected chi connectivity index (χ1v) is 9.49. The van der Waals surface area contributed by atoms with E-state index in [1.165, 1.54) is 30.4 Å². The molecule has 7 heteroatoms. The molecule has 0 unspecified atom stereocenters. The maximum atomic E-state index is 12.2. The minimum atomic E-state index is -0.359. The van der Waals surface area contributed by atoms with E-state index in [9.17, 15) is 9.90 Å². The molecule has 3 rings (SSSR count). The average molecular weight is 424 g/mol. The Bertz CT molecular complexity index is 844. The molecule has 0 saturated heterocycles. The van der Waals surface area contributed by atoms with Gasteiger partial charge < -0.3 is 14.6 Å². The van der Waals surface area contributed by atoms with Gasteiger partial charge >= 0.3 is 5.97 Å². The maximum absolute atomic E-state index is 12.2. The Morgan fingerprint density at radius 2 is 2.08 bits per heavy atom. The van der Waals surface area contributed by atoms with Crippen LogP contribution in [0.15, 0.2) is 21.6 Å². The zero-order chi connectivity index (χ0) is 18.0. The molecule has 1 N–H and O–H groups in total. The van der Waals surface area contributed by atoms with Gasteiger partial charge in [-0.3, -0.25) is 0 Å². The number of aromatic hydroxyl groups is 1. The molecule has 1 aliphatic rings. The molecule has 0 radical (unpaired) electrons. The summed E-state index contributed by atoms with van der Waals surface area (Å²) in [6, 6.07) is 3.42. The summed E-state index contributed by atoms with van der Waals surface area (Å²) in [5.74, 6) is 0.00692. The molecule has 25 heavy (non-hydrogen) atoms. The number of carbonyl (C=O) groups excluding carboxylic acids is 1. The Balaban J connectivity index is 2.04. The van der Waals surface area contributed by atoms with E-state index < -0.39 is 0 Å². The van der Waals surface area contributed by atoms with E-state index >= 15 is 0 Å². The standard InChI is InChI=1S/C18H18BrNO4S/c1-23-13-8-11(19)7-10(16(13)21)9-20-17-15(18(22)24-2)12-5-3-4-6-14(12)25-17/h7-9,21H,3-6H2,1-2H3/b20-9+. The number of ether oxygens (including phenoxy) is 2. The van der Waals surface area contributed by atoms with Crippen molar-refractivity contribution >= 4 is 44.5 Å². The minimum absolute atomic E-state index is 0.00962. The van der Waals surface area contributed by atoms with E-state index in [2.05, 4.69) is 20.9 Å². The van der Waals surface area contributed by atoms with Crippen LogP contribution in [0.2, 0.25) is 0 Å². The van der Waals surface area contributed by atoms with E-state index in [0.717, 1.165) is 35.7 Å². The first kappa shape index (κ1) is 17.9. The van der Waals surface area contributed by atoms with Gasteiger partial charge in [0.15, 0.2) is 11.5 Å². The first-order valence-electron chi connectivity index (χ1n) is 7.88. The van der Waals surface area contributed by atoms with Crippen LogP contribution in [0.25, 0.3) is 0 Å². The predicted octanol–water partition coefficient (Wildman–Crippen LogP) is 4.64. The Morgan fingerprint density at radius 1 is 1.32 bits per heavy atom. The zero-order valence-electron chi connectivity index (χ0n) is 14.0. The van der Waals surface area contributed by atoms with E-state index in [4.69, 9.17) is 9.47 Å². The van der Waals surface area contributed by atoms with Crippen molar-refractivity contribution in [1.29, 1.82) is 0 Å². The fourth-order valence-corrected chi connectivity index (χ4v) is 4.61. The number of aryl methyl sites for hydroxylation is 1. The SMILES string of the molecule is COC(=O)c1c(/N=C/c2cc(Br)cc(OC)c2O)sc2c1CCCC2. The lowest BCUT2D eigenvalue weighted by atomic mass is 9.95. The summed E-state index contributed by atoms with van der Waals surface area (Å²) in [6.07, 6.45) is 5.59. The smallest absolute Gasteiger partial charge is 0.341 e. The van der Waals surface area contributed by atoms with Crippen LogP contribution in [0, 0.1) is 0 Å². The van der Waals surface area contributed by atoms with Crippen molar-refractivity contribution in [2.45, 2.75) is 25.7 Å². The lowest BCUT2D eigenvalue weighted by molar-refractivity contribution is 0.0601. The molecule has 0 amide bonds. The third kappa shape index (κ3) is 3.57. The molecule has 0 bridgehead atoms. The number of halogens is 1. The van der Waals surface area contributed by atoms with E-state index in [0.29, 0.717) is 21.9 Å². The topological polar surface area (TPSA) is 68.1 Å². The van der Waals surface area contributed by atoms with Crippen molar-refractivity contribution < 1.29 is 19.4 Å². The number of carbonyl (C=O) groups is 1. The fraction of sp³-hybridized carbons (Fsp3) is 0.333. The maximum Gasteiger partial charge on any atom is 0.341 e. The molecule has 0 aliphatic heterocycles. The first-order chi connectivity index (χ1) is 12.0. The van der Waals surface area contributed by atoms with Crippen LogP contribution < -0.4 is 4.74 Å². The van der Waals surface area contributed by atoms with Gasteiger partial charge in [-0.1, -0.05) is 15.9 Å². The van der Waals surface area contributed by atoms with Crippen LogP contribution in [-0.2, 0) is 17.6 Å². The number of nitrogens with zero attached hydrogens (tertiary/aromatic N) is 1. The average Bonchev–Trinajstić information content (AvgIpc) is 2.99. The van der Waals surface area contributed by atoms with E-state index in [1.807, 2.05) is 0 Å². The summed E-state index contributed by atoms with van der Waals surface area (Å²) in [7, 11) is 2.87. The number of hydrogen-bond donors (Lipinski definition) is 1. The third-order valence-corrected chi connectivity index (χ3v) is 5.81. The number of thiophene rings is 1. The monoisotopic (exact) mass is 423 g/mol. The summed E-state index contributed by atoms with van der Waals surface area (Å²) >= 11 is 4.91. The lowest BCUT2D eigenvalue weighted by Gasteiger charge is -2.11. The van der Waals surface area contributed by atoms with Crippen LogP contribution in [0.4, 0.5) is 5.00 Å². The number of methoxy groups -OCH3 is 2. The van der Waals surface area contributed by atoms with Gasteiger partial charge in [-0.05, 0) is 43.4 Å². The van der Waals surface area contributed by atoms with Crippen molar-refractivity contribution in [2.75, 3.05) is 14.2 Å². The molecule has 1 aromatic carbocycles. The van der Waals surface area contributed by atoms with Gasteiger partial charge in [0.05, 0.1) is 19.8 Å². The molecule has 2 aromatic rings. The van der Waals surface area contributed by atoms with Gasteiger partial charge in [-0.25, -0.2) is 9.79 Å². The Hall–Kier alpha value is -1.86. The second kappa shape index (κ2) is 7.58. The molecule has 0 atom stereocenters. The number of rotatable bonds is 4. The second-order valence-electron chi connectivity index (χ2n) is 5.69. The van der Waals surface area contributed by atoms with E-state index in [-0.39, 0.29) is 11.7 Å². The zero-order valence-corrected chi connectivity index (χ0v) is 16.4. The summed E-state index contributed by atoms with van der Waals surface area (Å²) in [6.45, 7) is 0. The van der Waals surface area contributed by atoms with Gasteiger partial charge in [0.25, 0.3) is 0 Å². The van der Waals surface area contributed by atoms with Gasteiger partial charge in [0.1, 0.15) is 5.00 Å². The third-order valence-electron chi connectivity index (χ3n) is 4.15. The minimum Gasteiger partial charge on any atom is -0.504 e. The van der Waals surface area contributed by atoms with Gasteiger partial charge in [0, 0.05) is 21.1 Å². The van der Waals surface area contributed by atoms with Crippen LogP contribution in [-0.4, -0.2) is 31.5 Å². The number of phenols is 1. The van der Waals surface area contributed by atoms with Crippen LogP contribution in [0.5, 0.6) is 11.5 Å². The summed E-state index contributed by atoms with van der Waals surface area (Å²) in [4.78, 5) is 17.9. The Labute approximate surface area is 158 Å². The molecule has 0 spiro atoms. The molecular weight excluding hydrogens is 406 g/mol. The van der Waals surface area contributed by atoms with Crippen LogP contribution >= 0.6 is 27.3 Å². The highest BCUT2D eigenvalue weighted by Gasteiger charge is 2.25. The number of esters is 1. The number of aliphatic imine (C=N–C) groups is 1. The van der Waals surface area contributed by atoms with Crippen molar-refractivity contribution in [3.63, 3.8) is 0 Å². The van der Waals surface area contributed by atoms with Crippen molar-refractivity contribution in [2.24, 2.45) is 4.99 Å². The van der Waals surface area contributed by atoms with Crippen molar-refractivity contribution in [3.05, 3.63) is 38.2 Å². The highest BCUT2D eigenvalue weighted by Crippen LogP contribution is 2.40. The number of phenolic OH excluding ortho intramolecular Hbond substituents is 1. The van der Waals surface area contributed by atoms with Gasteiger partial charge in [0.2, 0.25) is 0 Å². The molecular formula is C18H18BrNO4S. The molecule has 1 heterocycles. The molecule has 1 aromatic heterocycles. The predicted molar refractivity (Wildman–Crippen MR) is 102 cm³/mol. The number of fused-ring (bicyclic) bond motifs is 1. The highest BCUT2D eigenvalue weighted by atomic mass is 79.9. The molecule has 132 valence electrons. The number of benzene rings is 1. The quantitative estimate of drug-likeness (QED) is 0.574. The largest absolute Gasteiger partial charge is 0.504 e. The van der Waals surface area contributed by atoms with E-state index in [1.54, 1.807) is 18.3 Å². The highest BCUT2D eigenvalue weighted by molar-refractivity contribution is 9.10. The summed E-state index contributed by atoms with van der Waals surface area (Å²) < 4.78 is 10.9. The van der Waals surface area contributed by atoms with Crippen LogP contribution in [0.3, 0.4) is 0 Å². The van der Waals surface area contributed by atoms with Crippen molar-refractivity contribution in [3.8, 4) is 11.5 Å². The molecule has 5 nitrogen and oxygen atoms in total. The normalized spacial score (nSPS) is 13.7. The van der Waals surface area contributed by atoms with Crippen LogP contribution in [0.1, 0.15) is 39.2 Å². The lowest BCUT2D eigenvalue weighted by Crippen LogP contribution is -2.07. The van der Waals surface area contributed by atoms with Gasteiger partial charge in [-0.15, -0.1) is 11.3 Å². The molecule has 0 saturated carbocycles. The second-order valence-corrected chi connectivity index (χ2v) is 7.69. The molecule has 1 aliphatic carbocycles. The Morgan fingerprint density at radius 3 is 2.80 bits per heavy atom.